The molecule has 1 amide bonds. The number of hydrogen-bond donors (Lipinski definition) is 1. The van der Waals surface area contributed by atoms with Gasteiger partial charge in [-0.05, 0) is 26.0 Å². The maximum atomic E-state index is 11.7. The Hall–Kier alpha value is -1.84. The van der Waals surface area contributed by atoms with E-state index in [1.165, 1.54) is 6.08 Å². The van der Waals surface area contributed by atoms with E-state index < -0.39 is 0 Å². The molecule has 1 heterocycles. The molecular weight excluding hydrogens is 204 g/mol. The molecule has 1 rings (SSSR count). The minimum Gasteiger partial charge on any atom is -0.505 e. The van der Waals surface area contributed by atoms with Crippen molar-refractivity contribution in [3.8, 4) is 0 Å². The van der Waals surface area contributed by atoms with Gasteiger partial charge >= 0.3 is 0 Å². The van der Waals surface area contributed by atoms with Crippen LogP contribution in [0, 0.1) is 0 Å². The average Bonchev–Trinajstić information content (AvgIpc) is 2.31. The first-order chi connectivity index (χ1) is 7.69. The minimum absolute atomic E-state index is 0.0995. The van der Waals surface area contributed by atoms with Gasteiger partial charge in [0.1, 0.15) is 11.5 Å². The zero-order valence-corrected chi connectivity index (χ0v) is 9.55. The quantitative estimate of drug-likeness (QED) is 0.622. The second-order valence-corrected chi connectivity index (χ2v) is 3.26. The van der Waals surface area contributed by atoms with Crippen LogP contribution < -0.4 is 0 Å². The fraction of sp³-hybridized carbons (Fsp3) is 0.333. The maximum Gasteiger partial charge on any atom is 0.250 e. The van der Waals surface area contributed by atoms with Crippen molar-refractivity contribution in [2.75, 3.05) is 13.1 Å². The van der Waals surface area contributed by atoms with Gasteiger partial charge in [0.15, 0.2) is 0 Å². The molecule has 16 heavy (non-hydrogen) atoms. The van der Waals surface area contributed by atoms with Gasteiger partial charge in [0.2, 0.25) is 5.91 Å². The third kappa shape index (κ3) is 3.08. The van der Waals surface area contributed by atoms with Crippen LogP contribution in [0.2, 0.25) is 0 Å². The first kappa shape index (κ1) is 12.2. The Morgan fingerprint density at radius 2 is 2.12 bits per heavy atom. The van der Waals surface area contributed by atoms with Crippen molar-refractivity contribution in [3.63, 3.8) is 0 Å². The van der Waals surface area contributed by atoms with E-state index in [1.54, 1.807) is 29.3 Å². The first-order valence-corrected chi connectivity index (χ1v) is 5.30. The summed E-state index contributed by atoms with van der Waals surface area (Å²) in [5.74, 6) is -0.300. The highest BCUT2D eigenvalue weighted by atomic mass is 16.3. The Bertz CT molecular complexity index is 370. The van der Waals surface area contributed by atoms with E-state index in [9.17, 15) is 9.90 Å². The van der Waals surface area contributed by atoms with Crippen LogP contribution in [0.1, 0.15) is 19.5 Å². The Morgan fingerprint density at radius 1 is 1.44 bits per heavy atom. The van der Waals surface area contributed by atoms with Gasteiger partial charge in [0.25, 0.3) is 0 Å². The molecule has 0 unspecified atom stereocenters. The average molecular weight is 220 g/mol. The summed E-state index contributed by atoms with van der Waals surface area (Å²) in [6.07, 6.45) is 2.77. The van der Waals surface area contributed by atoms with E-state index in [1.807, 2.05) is 13.8 Å². The SMILES string of the molecule is CCN(CC)C(=O)/C=C(\O)c1ccccn1. The van der Waals surface area contributed by atoms with Crippen LogP contribution in [0.3, 0.4) is 0 Å². The van der Waals surface area contributed by atoms with Crippen LogP contribution in [-0.4, -0.2) is 34.0 Å². The number of rotatable bonds is 4. The smallest absolute Gasteiger partial charge is 0.250 e. The van der Waals surface area contributed by atoms with Crippen molar-refractivity contribution in [2.45, 2.75) is 13.8 Å². The summed E-state index contributed by atoms with van der Waals surface area (Å²) in [5, 5.41) is 9.68. The minimum atomic E-state index is -0.201. The second-order valence-electron chi connectivity index (χ2n) is 3.26. The van der Waals surface area contributed by atoms with Crippen molar-refractivity contribution in [1.29, 1.82) is 0 Å². The molecule has 0 saturated carbocycles. The van der Waals surface area contributed by atoms with Gasteiger partial charge in [-0.2, -0.15) is 0 Å². The number of carbonyl (C=O) groups excluding carboxylic acids is 1. The van der Waals surface area contributed by atoms with E-state index in [-0.39, 0.29) is 11.7 Å². The van der Waals surface area contributed by atoms with Gasteiger partial charge in [0.05, 0.1) is 0 Å². The lowest BCUT2D eigenvalue weighted by atomic mass is 10.3. The summed E-state index contributed by atoms with van der Waals surface area (Å²) < 4.78 is 0. The van der Waals surface area contributed by atoms with Crippen molar-refractivity contribution in [3.05, 3.63) is 36.2 Å². The van der Waals surface area contributed by atoms with Gasteiger partial charge in [0, 0.05) is 25.4 Å². The molecule has 1 aromatic rings. The standard InChI is InChI=1S/C12H16N2O2/c1-3-14(4-2)12(16)9-11(15)10-7-5-6-8-13-10/h5-9,15H,3-4H2,1-2H3/b11-9-. The van der Waals surface area contributed by atoms with Crippen molar-refractivity contribution >= 4 is 11.7 Å². The number of hydrogen-bond acceptors (Lipinski definition) is 3. The predicted octanol–water partition coefficient (Wildman–Crippen LogP) is 1.85. The zero-order chi connectivity index (χ0) is 12.0. The third-order valence-electron chi connectivity index (χ3n) is 2.26. The van der Waals surface area contributed by atoms with Gasteiger partial charge in [-0.15, -0.1) is 0 Å². The molecule has 0 aliphatic heterocycles. The molecule has 0 aliphatic rings. The Kier molecular flexibility index (Phi) is 4.51. The number of aliphatic hydroxyl groups excluding tert-OH is 1. The van der Waals surface area contributed by atoms with E-state index in [4.69, 9.17) is 0 Å². The summed E-state index contributed by atoms with van der Waals surface area (Å²) in [6.45, 7) is 5.04. The lowest BCUT2D eigenvalue weighted by molar-refractivity contribution is -0.125. The molecule has 0 saturated heterocycles. The third-order valence-corrected chi connectivity index (χ3v) is 2.26. The molecule has 86 valence electrons. The number of aliphatic hydroxyl groups is 1. The molecule has 4 heteroatoms. The Morgan fingerprint density at radius 3 is 2.62 bits per heavy atom. The number of amides is 1. The number of aromatic nitrogens is 1. The van der Waals surface area contributed by atoms with Crippen LogP contribution in [-0.2, 0) is 4.79 Å². The Labute approximate surface area is 95.2 Å². The highest BCUT2D eigenvalue weighted by Crippen LogP contribution is 2.07. The molecule has 4 nitrogen and oxygen atoms in total. The molecule has 0 bridgehead atoms. The van der Waals surface area contributed by atoms with Gasteiger partial charge in [-0.25, -0.2) is 0 Å². The number of pyridine rings is 1. The van der Waals surface area contributed by atoms with Gasteiger partial charge in [-0.1, -0.05) is 6.07 Å². The highest BCUT2D eigenvalue weighted by molar-refractivity contribution is 5.93. The van der Waals surface area contributed by atoms with Crippen molar-refractivity contribution in [2.24, 2.45) is 0 Å². The van der Waals surface area contributed by atoms with Gasteiger partial charge < -0.3 is 10.0 Å². The lowest BCUT2D eigenvalue weighted by Gasteiger charge is -2.16. The molecule has 0 spiro atoms. The molecular formula is C12H16N2O2. The van der Waals surface area contributed by atoms with Crippen LogP contribution in [0.5, 0.6) is 0 Å². The second kappa shape index (κ2) is 5.90. The van der Waals surface area contributed by atoms with E-state index in [0.29, 0.717) is 18.8 Å². The van der Waals surface area contributed by atoms with Crippen LogP contribution in [0.4, 0.5) is 0 Å². The largest absolute Gasteiger partial charge is 0.505 e. The number of nitrogens with zero attached hydrogens (tertiary/aromatic N) is 2. The molecule has 0 atom stereocenters. The highest BCUT2D eigenvalue weighted by Gasteiger charge is 2.09. The molecule has 0 radical (unpaired) electrons. The fourth-order valence-corrected chi connectivity index (χ4v) is 1.33. The normalized spacial score (nSPS) is 11.2. The van der Waals surface area contributed by atoms with Crippen LogP contribution in [0.15, 0.2) is 30.5 Å². The molecule has 1 N–H and O–H groups in total. The first-order valence-electron chi connectivity index (χ1n) is 5.30. The van der Waals surface area contributed by atoms with Crippen LogP contribution >= 0.6 is 0 Å². The number of carbonyl (C=O) groups is 1. The summed E-state index contributed by atoms with van der Waals surface area (Å²) in [7, 11) is 0. The molecule has 0 aliphatic carbocycles. The summed E-state index contributed by atoms with van der Waals surface area (Å²) >= 11 is 0. The topological polar surface area (TPSA) is 53.4 Å². The Balaban J connectivity index is 2.81. The van der Waals surface area contributed by atoms with Crippen molar-refractivity contribution < 1.29 is 9.90 Å². The summed E-state index contributed by atoms with van der Waals surface area (Å²) in [5.41, 5.74) is 0.406. The van der Waals surface area contributed by atoms with E-state index >= 15 is 0 Å². The number of likely N-dealkylation sites (N-methyl/N-ethyl adjacent to an activating group) is 1. The monoisotopic (exact) mass is 220 g/mol. The molecule has 0 aromatic carbocycles. The predicted molar refractivity (Wildman–Crippen MR) is 62.8 cm³/mol. The van der Waals surface area contributed by atoms with E-state index in [0.717, 1.165) is 0 Å². The summed E-state index contributed by atoms with van der Waals surface area (Å²) in [4.78, 5) is 17.2. The fourth-order valence-electron chi connectivity index (χ4n) is 1.33. The van der Waals surface area contributed by atoms with Gasteiger partial charge in [-0.3, -0.25) is 9.78 Å². The summed E-state index contributed by atoms with van der Waals surface area (Å²) in [6, 6.07) is 5.17. The lowest BCUT2D eigenvalue weighted by Crippen LogP contribution is -2.29. The van der Waals surface area contributed by atoms with Crippen molar-refractivity contribution in [1.82, 2.24) is 9.88 Å². The zero-order valence-electron chi connectivity index (χ0n) is 9.55. The maximum absolute atomic E-state index is 11.7. The van der Waals surface area contributed by atoms with E-state index in [2.05, 4.69) is 4.98 Å². The van der Waals surface area contributed by atoms with Crippen LogP contribution in [0.25, 0.3) is 5.76 Å². The molecule has 0 fully saturated rings. The molecule has 1 aromatic heterocycles.